The molecule has 0 unspecified atom stereocenters. The van der Waals surface area contributed by atoms with E-state index < -0.39 is 46.3 Å². The van der Waals surface area contributed by atoms with Crippen LogP contribution in [-0.2, 0) is 24.2 Å². The maximum atomic E-state index is 14.6. The van der Waals surface area contributed by atoms with Crippen molar-refractivity contribution in [2.75, 3.05) is 7.11 Å². The third-order valence-electron chi connectivity index (χ3n) is 5.58. The van der Waals surface area contributed by atoms with Gasteiger partial charge in [-0.25, -0.2) is 30.7 Å². The van der Waals surface area contributed by atoms with E-state index in [4.69, 9.17) is 4.74 Å². The van der Waals surface area contributed by atoms with Gasteiger partial charge in [-0.2, -0.15) is 0 Å². The Morgan fingerprint density at radius 3 is 1.92 bits per heavy atom. The predicted octanol–water partition coefficient (Wildman–Crippen LogP) is 7.14. The fourth-order valence-electron chi connectivity index (χ4n) is 3.82. The Hall–Kier alpha value is -3.83. The lowest BCUT2D eigenvalue weighted by atomic mass is 10.0. The van der Waals surface area contributed by atoms with Crippen LogP contribution in [0.4, 0.5) is 30.7 Å². The zero-order valence-electron chi connectivity index (χ0n) is 18.8. The average Bonchev–Trinajstić information content (AvgIpc) is 2.81. The highest BCUT2D eigenvalue weighted by Crippen LogP contribution is 2.24. The summed E-state index contributed by atoms with van der Waals surface area (Å²) in [4.78, 5) is 0. The van der Waals surface area contributed by atoms with Crippen molar-refractivity contribution in [3.05, 3.63) is 117 Å². The summed E-state index contributed by atoms with van der Waals surface area (Å²) in [5.74, 6) is -2.95. The lowest BCUT2D eigenvalue weighted by molar-refractivity contribution is 0.184. The number of hydrogen-bond donors (Lipinski definition) is 0. The van der Waals surface area contributed by atoms with Gasteiger partial charge in [-0.05, 0) is 71.8 Å². The van der Waals surface area contributed by atoms with Crippen LogP contribution < -0.4 is 0 Å². The molecule has 0 saturated carbocycles. The molecule has 0 bridgehead atoms. The highest BCUT2D eigenvalue weighted by Gasteiger charge is 2.15. The molecule has 0 amide bonds. The Morgan fingerprint density at radius 2 is 1.28 bits per heavy atom. The molecule has 0 fully saturated rings. The summed E-state index contributed by atoms with van der Waals surface area (Å²) >= 11 is 0. The minimum Gasteiger partial charge on any atom is -0.380 e. The summed E-state index contributed by atoms with van der Waals surface area (Å²) in [5.41, 5.74) is -0.0574. The Morgan fingerprint density at radius 1 is 0.639 bits per heavy atom. The fraction of sp³-hybridized carbons (Fsp3) is 0.143. The van der Waals surface area contributed by atoms with Crippen LogP contribution in [0.25, 0.3) is 10.8 Å². The van der Waals surface area contributed by atoms with Crippen molar-refractivity contribution in [1.29, 1.82) is 0 Å². The topological polar surface area (TPSA) is 9.23 Å². The van der Waals surface area contributed by atoms with Crippen LogP contribution in [0.15, 0.2) is 48.5 Å². The van der Waals surface area contributed by atoms with Gasteiger partial charge in [0.05, 0.1) is 12.2 Å². The first kappa shape index (κ1) is 25.3. The SMILES string of the molecule is COCc1cc(F)c(CCc2cc(F)c(C#Cc3ccc4c(F)c(F)c(F)cc4c3)c(F)c2)c(F)c1. The lowest BCUT2D eigenvalue weighted by Crippen LogP contribution is -2.03. The van der Waals surface area contributed by atoms with Gasteiger partial charge in [0.1, 0.15) is 23.3 Å². The van der Waals surface area contributed by atoms with Gasteiger partial charge in [-0.15, -0.1) is 0 Å². The lowest BCUT2D eigenvalue weighted by Gasteiger charge is -2.09. The van der Waals surface area contributed by atoms with E-state index in [1.807, 2.05) is 0 Å². The van der Waals surface area contributed by atoms with Crippen LogP contribution in [0.2, 0.25) is 0 Å². The van der Waals surface area contributed by atoms with Crippen molar-refractivity contribution < 1.29 is 35.5 Å². The third-order valence-corrected chi connectivity index (χ3v) is 5.58. The van der Waals surface area contributed by atoms with E-state index in [1.165, 1.54) is 25.3 Å². The monoisotopic (exact) mass is 502 g/mol. The van der Waals surface area contributed by atoms with E-state index in [9.17, 15) is 30.7 Å². The molecule has 0 saturated heterocycles. The first-order valence-corrected chi connectivity index (χ1v) is 10.7. The molecule has 4 rings (SSSR count). The van der Waals surface area contributed by atoms with Gasteiger partial charge in [0.2, 0.25) is 0 Å². The molecule has 0 aromatic heterocycles. The zero-order valence-corrected chi connectivity index (χ0v) is 18.8. The number of methoxy groups -OCH3 is 1. The summed E-state index contributed by atoms with van der Waals surface area (Å²) in [5, 5.41) is -0.133. The zero-order chi connectivity index (χ0) is 26.0. The smallest absolute Gasteiger partial charge is 0.195 e. The third kappa shape index (κ3) is 5.21. The molecular formula is C28H17F7O. The van der Waals surface area contributed by atoms with E-state index in [0.717, 1.165) is 30.3 Å². The molecule has 0 aliphatic carbocycles. The number of benzene rings is 4. The summed E-state index contributed by atoms with van der Waals surface area (Å²) in [6.07, 6.45) is -0.156. The van der Waals surface area contributed by atoms with Crippen LogP contribution in [0.3, 0.4) is 0 Å². The molecule has 0 radical (unpaired) electrons. The van der Waals surface area contributed by atoms with Crippen LogP contribution in [-0.4, -0.2) is 7.11 Å². The number of ether oxygens (including phenoxy) is 1. The maximum absolute atomic E-state index is 14.6. The normalized spacial score (nSPS) is 11.0. The van der Waals surface area contributed by atoms with Crippen LogP contribution in [0.1, 0.15) is 27.8 Å². The van der Waals surface area contributed by atoms with Crippen LogP contribution in [0, 0.1) is 52.6 Å². The molecule has 4 aromatic rings. The van der Waals surface area contributed by atoms with E-state index >= 15 is 0 Å². The minimum atomic E-state index is -1.60. The van der Waals surface area contributed by atoms with E-state index in [-0.39, 0.29) is 46.9 Å². The molecule has 0 spiro atoms. The quantitative estimate of drug-likeness (QED) is 0.160. The molecule has 0 aliphatic rings. The summed E-state index contributed by atoms with van der Waals surface area (Å²) < 4.78 is 103. The molecule has 184 valence electrons. The van der Waals surface area contributed by atoms with Crippen molar-refractivity contribution in [1.82, 2.24) is 0 Å². The number of halogens is 7. The second kappa shape index (κ2) is 10.4. The summed E-state index contributed by atoms with van der Waals surface area (Å²) in [7, 11) is 1.40. The Balaban J connectivity index is 1.55. The molecule has 4 aromatic carbocycles. The Bertz CT molecular complexity index is 1490. The van der Waals surface area contributed by atoms with Gasteiger partial charge in [0.15, 0.2) is 17.5 Å². The van der Waals surface area contributed by atoms with Gasteiger partial charge in [0.25, 0.3) is 0 Å². The number of aryl methyl sites for hydroxylation is 1. The van der Waals surface area contributed by atoms with Gasteiger partial charge in [-0.1, -0.05) is 17.9 Å². The van der Waals surface area contributed by atoms with Crippen molar-refractivity contribution in [3.8, 4) is 11.8 Å². The second-order valence-corrected chi connectivity index (χ2v) is 8.08. The molecule has 0 aliphatic heterocycles. The van der Waals surface area contributed by atoms with Gasteiger partial charge in [0, 0.05) is 23.6 Å². The molecule has 0 heterocycles. The minimum absolute atomic E-state index is 0.0304. The Labute approximate surface area is 202 Å². The van der Waals surface area contributed by atoms with E-state index in [2.05, 4.69) is 11.8 Å². The van der Waals surface area contributed by atoms with Crippen LogP contribution in [0.5, 0.6) is 0 Å². The van der Waals surface area contributed by atoms with Crippen LogP contribution >= 0.6 is 0 Å². The predicted molar refractivity (Wildman–Crippen MR) is 121 cm³/mol. The number of fused-ring (bicyclic) bond motifs is 1. The fourth-order valence-corrected chi connectivity index (χ4v) is 3.82. The first-order chi connectivity index (χ1) is 17.2. The van der Waals surface area contributed by atoms with Crippen molar-refractivity contribution >= 4 is 10.8 Å². The van der Waals surface area contributed by atoms with E-state index in [1.54, 1.807) is 0 Å². The number of hydrogen-bond acceptors (Lipinski definition) is 1. The van der Waals surface area contributed by atoms with Gasteiger partial charge < -0.3 is 4.74 Å². The standard InChI is InChI=1S/C28H17F7O/c1-36-14-17-11-24(31)21(25(32)12-17)7-4-16-9-22(29)20(23(30)10-16)6-3-15-2-5-19-18(8-15)13-26(33)28(35)27(19)34/h2,5,8-13H,4,7,14H2,1H3. The summed E-state index contributed by atoms with van der Waals surface area (Å²) in [6.45, 7) is 0.0402. The van der Waals surface area contributed by atoms with Crippen molar-refractivity contribution in [3.63, 3.8) is 0 Å². The van der Waals surface area contributed by atoms with Gasteiger partial charge >= 0.3 is 0 Å². The first-order valence-electron chi connectivity index (χ1n) is 10.7. The maximum Gasteiger partial charge on any atom is 0.195 e. The van der Waals surface area contributed by atoms with Crippen molar-refractivity contribution in [2.45, 2.75) is 19.4 Å². The molecular weight excluding hydrogens is 485 g/mol. The molecule has 0 atom stereocenters. The second-order valence-electron chi connectivity index (χ2n) is 8.08. The molecule has 8 heteroatoms. The molecule has 1 nitrogen and oxygen atoms in total. The highest BCUT2D eigenvalue weighted by atomic mass is 19.2. The van der Waals surface area contributed by atoms with E-state index in [0.29, 0.717) is 5.56 Å². The van der Waals surface area contributed by atoms with Gasteiger partial charge in [-0.3, -0.25) is 0 Å². The molecule has 0 N–H and O–H groups in total. The highest BCUT2D eigenvalue weighted by molar-refractivity contribution is 5.84. The summed E-state index contributed by atoms with van der Waals surface area (Å²) in [6, 6.07) is 8.90. The van der Waals surface area contributed by atoms with Crippen molar-refractivity contribution in [2.24, 2.45) is 0 Å². The largest absolute Gasteiger partial charge is 0.380 e. The number of rotatable bonds is 5. The Kier molecular flexibility index (Phi) is 7.32. The average molecular weight is 502 g/mol. The molecule has 36 heavy (non-hydrogen) atoms.